The second-order valence-corrected chi connectivity index (χ2v) is 10.1. The molecule has 34 heavy (non-hydrogen) atoms. The normalized spacial score (nSPS) is 12.2. The number of carbonyl (C=O) groups is 2. The quantitative estimate of drug-likeness (QED) is 0.476. The number of sulfone groups is 1. The third-order valence-corrected chi connectivity index (χ3v) is 7.08. The molecule has 2 N–H and O–H groups in total. The molecule has 0 radical (unpaired) electrons. The minimum Gasteiger partial charge on any atom is -0.480 e. The van der Waals surface area contributed by atoms with E-state index in [1.54, 1.807) is 54.6 Å². The van der Waals surface area contributed by atoms with Gasteiger partial charge in [-0.05, 0) is 12.0 Å². The van der Waals surface area contributed by atoms with Crippen molar-refractivity contribution < 1.29 is 23.1 Å². The minimum atomic E-state index is -3.45. The van der Waals surface area contributed by atoms with E-state index < -0.39 is 39.1 Å². The number of aromatic nitrogens is 2. The molecule has 2 aromatic carbocycles. The van der Waals surface area contributed by atoms with Crippen LogP contribution in [0.25, 0.3) is 22.4 Å². The molecular formula is C24H25N3O6S. The monoisotopic (exact) mass is 483 g/mol. The third-order valence-electron chi connectivity index (χ3n) is 5.34. The van der Waals surface area contributed by atoms with Crippen molar-refractivity contribution in [1.82, 2.24) is 15.1 Å². The number of carboxylic acid groups (broad SMARTS) is 1. The maximum Gasteiger partial charge on any atom is 0.326 e. The molecule has 1 aromatic heterocycles. The smallest absolute Gasteiger partial charge is 0.326 e. The summed E-state index contributed by atoms with van der Waals surface area (Å²) < 4.78 is 24.7. The van der Waals surface area contributed by atoms with Crippen LogP contribution in [0.5, 0.6) is 0 Å². The molecule has 10 heteroatoms. The van der Waals surface area contributed by atoms with Crippen LogP contribution in [0.3, 0.4) is 0 Å². The Morgan fingerprint density at radius 1 is 1.03 bits per heavy atom. The third kappa shape index (κ3) is 5.57. The average molecular weight is 484 g/mol. The second kappa shape index (κ2) is 10.4. The molecule has 0 fully saturated rings. The van der Waals surface area contributed by atoms with Gasteiger partial charge in [0.2, 0.25) is 0 Å². The Kier molecular flexibility index (Phi) is 7.62. The van der Waals surface area contributed by atoms with Crippen LogP contribution >= 0.6 is 0 Å². The van der Waals surface area contributed by atoms with E-state index in [9.17, 15) is 27.9 Å². The molecule has 0 spiro atoms. The molecule has 0 aliphatic heterocycles. The van der Waals surface area contributed by atoms with E-state index in [1.807, 2.05) is 6.07 Å². The number of nitrogens with one attached hydrogen (secondary N) is 1. The van der Waals surface area contributed by atoms with Gasteiger partial charge in [0.05, 0.1) is 11.4 Å². The Bertz CT molecular complexity index is 1350. The van der Waals surface area contributed by atoms with Crippen LogP contribution in [0.1, 0.15) is 23.7 Å². The Morgan fingerprint density at radius 2 is 1.59 bits per heavy atom. The lowest BCUT2D eigenvalue weighted by molar-refractivity contribution is -0.139. The summed E-state index contributed by atoms with van der Waals surface area (Å²) in [7, 11) is -2.04. The number of nitrogens with zero attached hydrogens (tertiary/aromatic N) is 2. The van der Waals surface area contributed by atoms with Crippen molar-refractivity contribution >= 4 is 21.7 Å². The number of carbonyl (C=O) groups excluding carboxylic acids is 1. The van der Waals surface area contributed by atoms with Gasteiger partial charge in [-0.3, -0.25) is 9.59 Å². The molecule has 1 unspecified atom stereocenters. The highest BCUT2D eigenvalue weighted by molar-refractivity contribution is 7.91. The van der Waals surface area contributed by atoms with E-state index in [-0.39, 0.29) is 23.3 Å². The zero-order valence-electron chi connectivity index (χ0n) is 18.8. The fraction of sp³-hybridized carbons (Fsp3) is 0.250. The standard InChI is InChI=1S/C24H25N3O6S/c1-3-34(32,33)15-14-18(24(30)31)25-22(28)20-19(16-10-6-4-7-11-16)21(26-27(2)23(20)29)17-12-8-5-9-13-17/h4-13,18H,3,14-15H2,1-2H3,(H,25,28)(H,30,31). The zero-order chi connectivity index (χ0) is 24.9. The van der Waals surface area contributed by atoms with Crippen LogP contribution in [-0.2, 0) is 21.7 Å². The van der Waals surface area contributed by atoms with Gasteiger partial charge in [0.1, 0.15) is 21.4 Å². The highest BCUT2D eigenvalue weighted by atomic mass is 32.2. The van der Waals surface area contributed by atoms with Crippen LogP contribution in [0.15, 0.2) is 65.5 Å². The fourth-order valence-corrected chi connectivity index (χ4v) is 4.34. The SMILES string of the molecule is CCS(=O)(=O)CCC(NC(=O)c1c(-c2ccccc2)c(-c2ccccc2)nn(C)c1=O)C(=O)O. The topological polar surface area (TPSA) is 135 Å². The summed E-state index contributed by atoms with van der Waals surface area (Å²) in [6.45, 7) is 1.46. The van der Waals surface area contributed by atoms with Crippen molar-refractivity contribution in [3.8, 4) is 22.4 Å². The lowest BCUT2D eigenvalue weighted by Gasteiger charge is -2.18. The predicted molar refractivity (Wildman–Crippen MR) is 128 cm³/mol. The van der Waals surface area contributed by atoms with E-state index in [0.29, 0.717) is 16.8 Å². The molecule has 0 bridgehead atoms. The van der Waals surface area contributed by atoms with Crippen molar-refractivity contribution in [2.45, 2.75) is 19.4 Å². The first-order chi connectivity index (χ1) is 16.1. The maximum absolute atomic E-state index is 13.3. The van der Waals surface area contributed by atoms with Gasteiger partial charge in [0.15, 0.2) is 0 Å². The van der Waals surface area contributed by atoms with Crippen LogP contribution < -0.4 is 10.9 Å². The highest BCUT2D eigenvalue weighted by Crippen LogP contribution is 2.31. The van der Waals surface area contributed by atoms with E-state index in [4.69, 9.17) is 0 Å². The fourth-order valence-electron chi connectivity index (χ4n) is 3.46. The predicted octanol–water partition coefficient (Wildman–Crippen LogP) is 2.12. The summed E-state index contributed by atoms with van der Waals surface area (Å²) in [6.07, 6.45) is -0.325. The number of aryl methyl sites for hydroxylation is 1. The molecule has 1 atom stereocenters. The van der Waals surface area contributed by atoms with Crippen LogP contribution in [0, 0.1) is 0 Å². The summed E-state index contributed by atoms with van der Waals surface area (Å²) in [4.78, 5) is 38.2. The first-order valence-electron chi connectivity index (χ1n) is 10.6. The lowest BCUT2D eigenvalue weighted by Crippen LogP contribution is -2.44. The summed E-state index contributed by atoms with van der Waals surface area (Å²) in [5.74, 6) is -2.86. The summed E-state index contributed by atoms with van der Waals surface area (Å²) in [6, 6.07) is 16.2. The van der Waals surface area contributed by atoms with Gasteiger partial charge in [0, 0.05) is 23.9 Å². The minimum absolute atomic E-state index is 0.142. The molecule has 1 heterocycles. The molecule has 3 aromatic rings. The maximum atomic E-state index is 13.3. The van der Waals surface area contributed by atoms with Crippen LogP contribution in [0.4, 0.5) is 0 Å². The lowest BCUT2D eigenvalue weighted by atomic mass is 9.95. The Morgan fingerprint density at radius 3 is 2.12 bits per heavy atom. The van der Waals surface area contributed by atoms with Gasteiger partial charge in [0.25, 0.3) is 11.5 Å². The first-order valence-corrected chi connectivity index (χ1v) is 12.4. The molecule has 1 amide bonds. The number of aliphatic carboxylic acids is 1. The van der Waals surface area contributed by atoms with Crippen LogP contribution in [-0.4, -0.2) is 52.7 Å². The van der Waals surface area contributed by atoms with Gasteiger partial charge >= 0.3 is 5.97 Å². The average Bonchev–Trinajstić information content (AvgIpc) is 2.83. The number of hydrogen-bond acceptors (Lipinski definition) is 6. The number of hydrogen-bond donors (Lipinski definition) is 2. The van der Waals surface area contributed by atoms with Gasteiger partial charge in [-0.1, -0.05) is 67.6 Å². The molecule has 0 aliphatic carbocycles. The van der Waals surface area contributed by atoms with Gasteiger partial charge in [-0.2, -0.15) is 5.10 Å². The molecule has 3 rings (SSSR count). The Labute approximate surface area is 197 Å². The van der Waals surface area contributed by atoms with Crippen molar-refractivity contribution in [2.75, 3.05) is 11.5 Å². The highest BCUT2D eigenvalue weighted by Gasteiger charge is 2.28. The van der Waals surface area contributed by atoms with Gasteiger partial charge in [-0.15, -0.1) is 0 Å². The number of amides is 1. The van der Waals surface area contributed by atoms with Crippen molar-refractivity contribution in [2.24, 2.45) is 7.05 Å². The Hall–Kier alpha value is -3.79. The van der Waals surface area contributed by atoms with Crippen molar-refractivity contribution in [3.63, 3.8) is 0 Å². The number of benzene rings is 2. The molecule has 178 valence electrons. The molecule has 0 aliphatic rings. The van der Waals surface area contributed by atoms with Gasteiger partial charge in [-0.25, -0.2) is 17.9 Å². The first kappa shape index (κ1) is 24.8. The molecular weight excluding hydrogens is 458 g/mol. The summed E-state index contributed by atoms with van der Waals surface area (Å²) in [5.41, 5.74) is 0.873. The Balaban J connectivity index is 2.15. The summed E-state index contributed by atoms with van der Waals surface area (Å²) >= 11 is 0. The number of carboxylic acids is 1. The second-order valence-electron chi connectivity index (χ2n) is 7.65. The van der Waals surface area contributed by atoms with E-state index in [1.165, 1.54) is 14.0 Å². The van der Waals surface area contributed by atoms with Crippen molar-refractivity contribution in [1.29, 1.82) is 0 Å². The summed E-state index contributed by atoms with van der Waals surface area (Å²) in [5, 5.41) is 16.3. The zero-order valence-corrected chi connectivity index (χ0v) is 19.6. The van der Waals surface area contributed by atoms with E-state index in [2.05, 4.69) is 10.4 Å². The number of rotatable bonds is 9. The largest absolute Gasteiger partial charge is 0.480 e. The van der Waals surface area contributed by atoms with E-state index >= 15 is 0 Å². The molecule has 0 saturated carbocycles. The molecule has 0 saturated heterocycles. The van der Waals surface area contributed by atoms with E-state index in [0.717, 1.165) is 4.68 Å². The van der Waals surface area contributed by atoms with Crippen LogP contribution in [0.2, 0.25) is 0 Å². The van der Waals surface area contributed by atoms with Gasteiger partial charge < -0.3 is 10.4 Å². The van der Waals surface area contributed by atoms with Crippen molar-refractivity contribution in [3.05, 3.63) is 76.6 Å². The molecule has 9 nitrogen and oxygen atoms in total.